The number of fused-ring (bicyclic) bond motifs is 2. The van der Waals surface area contributed by atoms with E-state index in [-0.39, 0.29) is 17.1 Å². The van der Waals surface area contributed by atoms with Crippen molar-refractivity contribution >= 4 is 49.9 Å². The zero-order valence-corrected chi connectivity index (χ0v) is 20.4. The van der Waals surface area contributed by atoms with E-state index in [0.717, 1.165) is 23.5 Å². The molecule has 1 aromatic heterocycles. The van der Waals surface area contributed by atoms with E-state index < -0.39 is 35.0 Å². The number of alkyl halides is 3. The Hall–Kier alpha value is -3.58. The number of aromatic carboxylic acids is 1. The summed E-state index contributed by atoms with van der Waals surface area (Å²) in [4.78, 5) is 30.2. The molecule has 2 unspecified atom stereocenters. The number of benzene rings is 2. The number of rotatable bonds is 8. The van der Waals surface area contributed by atoms with Gasteiger partial charge in [-0.05, 0) is 50.2 Å². The van der Waals surface area contributed by atoms with E-state index in [1.807, 2.05) is 11.8 Å². The van der Waals surface area contributed by atoms with Gasteiger partial charge in [-0.2, -0.15) is 13.2 Å². The number of nitrogens with zero attached hydrogens (tertiary/aromatic N) is 2. The molecule has 1 aliphatic heterocycles. The molecule has 0 spiro atoms. The number of anilines is 3. The highest BCUT2D eigenvalue weighted by Crippen LogP contribution is 2.45. The van der Waals surface area contributed by atoms with Crippen LogP contribution < -0.4 is 21.3 Å². The lowest BCUT2D eigenvalue weighted by atomic mass is 9.95. The number of carbonyl (C=O) groups is 2. The van der Waals surface area contributed by atoms with Crippen molar-refractivity contribution in [3.8, 4) is 0 Å². The van der Waals surface area contributed by atoms with Crippen LogP contribution in [0.3, 0.4) is 0 Å². The van der Waals surface area contributed by atoms with Crippen LogP contribution in [0.15, 0.2) is 36.4 Å². The van der Waals surface area contributed by atoms with Gasteiger partial charge in [0.2, 0.25) is 5.91 Å². The fourth-order valence-corrected chi connectivity index (χ4v) is 5.28. The Bertz CT molecular complexity index is 1350. The lowest BCUT2D eigenvalue weighted by Gasteiger charge is -2.44. The van der Waals surface area contributed by atoms with Gasteiger partial charge in [0.15, 0.2) is 10.9 Å². The Kier molecular flexibility index (Phi) is 6.25. The van der Waals surface area contributed by atoms with E-state index in [1.165, 1.54) is 32.2 Å². The topological polar surface area (TPSA) is 130 Å². The number of aromatic nitrogens is 1. The summed E-state index contributed by atoms with van der Waals surface area (Å²) in [7, 11) is 1.34. The largest absolute Gasteiger partial charge is 0.478 e. The van der Waals surface area contributed by atoms with Crippen molar-refractivity contribution in [1.29, 1.82) is 0 Å². The minimum atomic E-state index is -4.50. The summed E-state index contributed by atoms with van der Waals surface area (Å²) in [6.45, 7) is 3.79. The van der Waals surface area contributed by atoms with Crippen molar-refractivity contribution in [1.82, 2.24) is 4.98 Å². The summed E-state index contributed by atoms with van der Waals surface area (Å²) in [5.74, 6) is -3.13. The lowest BCUT2D eigenvalue weighted by molar-refractivity contribution is -0.140. The van der Waals surface area contributed by atoms with E-state index in [9.17, 15) is 27.9 Å². The van der Waals surface area contributed by atoms with E-state index in [1.54, 1.807) is 6.07 Å². The monoisotopic (exact) mass is 523 g/mol. The first-order valence-electron chi connectivity index (χ1n) is 10.9. The number of carboxylic acid groups (broad SMARTS) is 1. The molecule has 3 aromatic rings. The fraction of sp³-hybridized carbons (Fsp3) is 0.348. The van der Waals surface area contributed by atoms with Crippen molar-refractivity contribution < 1.29 is 32.6 Å². The van der Waals surface area contributed by atoms with Gasteiger partial charge in [0.05, 0.1) is 32.7 Å². The quantitative estimate of drug-likeness (QED) is 0.344. The number of methoxy groups -OCH3 is 1. The van der Waals surface area contributed by atoms with Crippen LogP contribution in [0.25, 0.3) is 10.2 Å². The SMILES string of the molecule is CCN1c2ccc(C(=O)O)cc2NC1(CC(C)(OC)C(N)=O)Nc1nc2ccc(C(F)(F)F)cc2s1. The summed E-state index contributed by atoms with van der Waals surface area (Å²) in [6.07, 6.45) is -4.55. The third-order valence-corrected chi connectivity index (χ3v) is 7.18. The van der Waals surface area contributed by atoms with E-state index in [4.69, 9.17) is 10.5 Å². The first-order chi connectivity index (χ1) is 16.8. The highest BCUT2D eigenvalue weighted by atomic mass is 32.1. The summed E-state index contributed by atoms with van der Waals surface area (Å²) in [6, 6.07) is 7.85. The minimum absolute atomic E-state index is 0.0529. The molecule has 0 aliphatic carbocycles. The van der Waals surface area contributed by atoms with Gasteiger partial charge in [0.25, 0.3) is 0 Å². The Labute approximate surface area is 208 Å². The van der Waals surface area contributed by atoms with Crippen molar-refractivity contribution in [2.75, 3.05) is 29.2 Å². The van der Waals surface area contributed by atoms with E-state index in [2.05, 4.69) is 15.6 Å². The van der Waals surface area contributed by atoms with Crippen LogP contribution in [0.1, 0.15) is 36.2 Å². The molecule has 0 saturated heterocycles. The molecular formula is C23H24F3N5O4S. The van der Waals surface area contributed by atoms with Gasteiger partial charge in [0, 0.05) is 20.1 Å². The van der Waals surface area contributed by atoms with Crippen molar-refractivity contribution in [3.63, 3.8) is 0 Å². The Balaban J connectivity index is 1.82. The molecule has 9 nitrogen and oxygen atoms in total. The van der Waals surface area contributed by atoms with Gasteiger partial charge in [0.1, 0.15) is 5.60 Å². The van der Waals surface area contributed by atoms with Gasteiger partial charge < -0.3 is 31.1 Å². The molecule has 0 saturated carbocycles. The van der Waals surface area contributed by atoms with E-state index in [0.29, 0.717) is 28.1 Å². The average molecular weight is 524 g/mol. The maximum Gasteiger partial charge on any atom is 0.416 e. The second-order valence-electron chi connectivity index (χ2n) is 8.57. The van der Waals surface area contributed by atoms with Crippen LogP contribution in [0.4, 0.5) is 29.7 Å². The smallest absolute Gasteiger partial charge is 0.416 e. The van der Waals surface area contributed by atoms with Crippen LogP contribution in [-0.4, -0.2) is 47.0 Å². The Morgan fingerprint density at radius 2 is 2.00 bits per heavy atom. The van der Waals surface area contributed by atoms with Gasteiger partial charge >= 0.3 is 12.1 Å². The van der Waals surface area contributed by atoms with Gasteiger partial charge in [-0.3, -0.25) is 4.79 Å². The maximum absolute atomic E-state index is 13.2. The summed E-state index contributed by atoms with van der Waals surface area (Å²) in [5, 5.41) is 16.2. The number of primary amides is 1. The van der Waals surface area contributed by atoms with Crippen LogP contribution in [0.2, 0.25) is 0 Å². The number of thiazole rings is 1. The normalized spacial score (nSPS) is 19.0. The molecule has 2 heterocycles. The van der Waals surface area contributed by atoms with Gasteiger partial charge in [-0.15, -0.1) is 0 Å². The number of hydrogen-bond donors (Lipinski definition) is 4. The highest BCUT2D eigenvalue weighted by molar-refractivity contribution is 7.22. The molecule has 1 aliphatic rings. The number of nitrogens with two attached hydrogens (primary N) is 1. The van der Waals surface area contributed by atoms with Crippen molar-refractivity contribution in [2.24, 2.45) is 5.73 Å². The van der Waals surface area contributed by atoms with Crippen LogP contribution in [0, 0.1) is 0 Å². The number of hydrogen-bond acceptors (Lipinski definition) is 8. The van der Waals surface area contributed by atoms with E-state index >= 15 is 0 Å². The zero-order valence-electron chi connectivity index (χ0n) is 19.6. The van der Waals surface area contributed by atoms with Crippen molar-refractivity contribution in [2.45, 2.75) is 37.8 Å². The molecule has 2 atom stereocenters. The number of carbonyl (C=O) groups excluding carboxylic acids is 1. The first kappa shape index (κ1) is 25.5. The zero-order chi connectivity index (χ0) is 26.5. The van der Waals surface area contributed by atoms with Gasteiger partial charge in [-0.25, -0.2) is 9.78 Å². The third-order valence-electron chi connectivity index (χ3n) is 6.25. The average Bonchev–Trinajstić information content (AvgIpc) is 3.33. The second-order valence-corrected chi connectivity index (χ2v) is 9.60. The molecule has 192 valence electrons. The predicted molar refractivity (Wildman–Crippen MR) is 130 cm³/mol. The molecule has 5 N–H and O–H groups in total. The molecule has 0 radical (unpaired) electrons. The molecule has 13 heteroatoms. The first-order valence-corrected chi connectivity index (χ1v) is 11.7. The second kappa shape index (κ2) is 8.82. The highest BCUT2D eigenvalue weighted by Gasteiger charge is 2.50. The fourth-order valence-electron chi connectivity index (χ4n) is 4.30. The van der Waals surface area contributed by atoms with Gasteiger partial charge in [-0.1, -0.05) is 11.3 Å². The molecule has 1 amide bonds. The molecule has 4 rings (SSSR count). The number of carboxylic acids is 1. The lowest BCUT2D eigenvalue weighted by Crippen LogP contribution is -2.63. The van der Waals surface area contributed by atoms with Crippen LogP contribution >= 0.6 is 11.3 Å². The minimum Gasteiger partial charge on any atom is -0.478 e. The molecule has 2 aromatic carbocycles. The number of amides is 1. The van der Waals surface area contributed by atoms with Crippen LogP contribution in [-0.2, 0) is 15.7 Å². The predicted octanol–water partition coefficient (Wildman–Crippen LogP) is 4.31. The molecule has 0 bridgehead atoms. The standard InChI is InChI=1S/C23H24F3N5O4S/c1-4-31-16-8-5-12(18(32)33)9-15(16)29-22(31,11-21(2,35-3)19(27)34)30-20-28-14-7-6-13(23(24,25)26)10-17(14)36-20/h5-10,29H,4,11H2,1-3H3,(H2,27,34)(H,28,30)(H,32,33). The molecular weight excluding hydrogens is 499 g/mol. The molecule has 36 heavy (non-hydrogen) atoms. The summed E-state index contributed by atoms with van der Waals surface area (Å²) in [5.41, 5.74) is 4.94. The summed E-state index contributed by atoms with van der Waals surface area (Å²) < 4.78 is 45.4. The third kappa shape index (κ3) is 4.39. The Morgan fingerprint density at radius 1 is 1.28 bits per heavy atom. The molecule has 0 fully saturated rings. The number of halogens is 3. The maximum atomic E-state index is 13.2. The van der Waals surface area contributed by atoms with Crippen LogP contribution in [0.5, 0.6) is 0 Å². The number of nitrogens with one attached hydrogen (secondary N) is 2. The number of ether oxygens (including phenoxy) is 1. The van der Waals surface area contributed by atoms with Crippen molar-refractivity contribution in [3.05, 3.63) is 47.5 Å². The Morgan fingerprint density at radius 3 is 2.58 bits per heavy atom. The summed E-state index contributed by atoms with van der Waals surface area (Å²) >= 11 is 1.01.